The molecule has 0 aliphatic carbocycles. The van der Waals surface area contributed by atoms with Crippen molar-refractivity contribution in [3.8, 4) is 0 Å². The predicted molar refractivity (Wildman–Crippen MR) is 69.2 cm³/mol. The van der Waals surface area contributed by atoms with E-state index < -0.39 is 23.2 Å². The number of hydrogen-bond acceptors (Lipinski definition) is 5. The van der Waals surface area contributed by atoms with Gasteiger partial charge in [-0.1, -0.05) is 0 Å². The second kappa shape index (κ2) is 6.41. The number of thiophene rings is 1. The fourth-order valence-corrected chi connectivity index (χ4v) is 2.83. The molecule has 0 spiro atoms. The summed E-state index contributed by atoms with van der Waals surface area (Å²) in [6.45, 7) is 1.64. The quantitative estimate of drug-likeness (QED) is 0.728. The highest BCUT2D eigenvalue weighted by atomic mass is 32.2. The number of carboxylic acid groups (broad SMARTS) is 1. The fraction of sp³-hybridized carbons (Fsp3) is 0.300. The Morgan fingerprint density at radius 2 is 2.11 bits per heavy atom. The highest BCUT2D eigenvalue weighted by Crippen LogP contribution is 2.28. The molecular formula is C10H12N2O4S2. The van der Waals surface area contributed by atoms with Crippen LogP contribution in [0.5, 0.6) is 0 Å². The van der Waals surface area contributed by atoms with Crippen LogP contribution in [-0.4, -0.2) is 35.3 Å². The Morgan fingerprint density at radius 3 is 2.61 bits per heavy atom. The molecule has 0 aromatic carbocycles. The fourth-order valence-electron chi connectivity index (χ4n) is 1.03. The summed E-state index contributed by atoms with van der Waals surface area (Å²) in [6, 6.07) is 0.936. The minimum Gasteiger partial charge on any atom is -0.477 e. The number of thioether (sulfide) groups is 1. The van der Waals surface area contributed by atoms with Crippen LogP contribution in [0.15, 0.2) is 16.3 Å². The van der Waals surface area contributed by atoms with Gasteiger partial charge in [0.25, 0.3) is 0 Å². The number of carbonyl (C=O) groups is 3. The predicted octanol–water partition coefficient (Wildman–Crippen LogP) is 1.38. The van der Waals surface area contributed by atoms with E-state index in [0.717, 1.165) is 11.3 Å². The zero-order valence-corrected chi connectivity index (χ0v) is 11.4. The Balaban J connectivity index is 2.58. The molecular weight excluding hydrogens is 276 g/mol. The van der Waals surface area contributed by atoms with Crippen LogP contribution in [0.25, 0.3) is 0 Å². The standard InChI is InChI=1S/C10H12N2O4S2/c1-5(8(13)12-10(16)11-2)18-6-3-7(9(14)15)17-4-6/h3-5H,1-2H3,(H,14,15)(H2,11,12,13,16). The van der Waals surface area contributed by atoms with Gasteiger partial charge in [0.05, 0.1) is 5.25 Å². The lowest BCUT2D eigenvalue weighted by Crippen LogP contribution is -2.41. The summed E-state index contributed by atoms with van der Waals surface area (Å²) in [5, 5.41) is 14.4. The highest BCUT2D eigenvalue weighted by Gasteiger charge is 2.17. The van der Waals surface area contributed by atoms with Crippen molar-refractivity contribution in [2.75, 3.05) is 7.05 Å². The SMILES string of the molecule is CNC(=O)NC(=O)C(C)Sc1csc(C(=O)O)c1. The van der Waals surface area contributed by atoms with E-state index in [2.05, 4.69) is 10.6 Å². The third-order valence-electron chi connectivity index (χ3n) is 1.93. The van der Waals surface area contributed by atoms with Crippen molar-refractivity contribution in [1.82, 2.24) is 10.6 Å². The molecule has 1 rings (SSSR count). The lowest BCUT2D eigenvalue weighted by Gasteiger charge is -2.09. The molecule has 18 heavy (non-hydrogen) atoms. The highest BCUT2D eigenvalue weighted by molar-refractivity contribution is 8.00. The molecule has 0 saturated carbocycles. The number of hydrogen-bond donors (Lipinski definition) is 3. The van der Waals surface area contributed by atoms with Gasteiger partial charge in [-0.15, -0.1) is 23.1 Å². The third-order valence-corrected chi connectivity index (χ3v) is 4.07. The monoisotopic (exact) mass is 288 g/mol. The molecule has 0 bridgehead atoms. The number of nitrogens with one attached hydrogen (secondary N) is 2. The molecule has 98 valence electrons. The number of carbonyl (C=O) groups excluding carboxylic acids is 2. The minimum atomic E-state index is -0.991. The van der Waals surface area contributed by atoms with E-state index >= 15 is 0 Å². The first-order valence-electron chi connectivity index (χ1n) is 4.95. The van der Waals surface area contributed by atoms with Crippen molar-refractivity contribution in [3.05, 3.63) is 16.3 Å². The third kappa shape index (κ3) is 4.04. The van der Waals surface area contributed by atoms with Crippen LogP contribution in [0.2, 0.25) is 0 Å². The van der Waals surface area contributed by atoms with E-state index in [1.54, 1.807) is 12.3 Å². The molecule has 0 fully saturated rings. The molecule has 3 N–H and O–H groups in total. The molecule has 1 aromatic rings. The molecule has 0 radical (unpaired) electrons. The van der Waals surface area contributed by atoms with Gasteiger partial charge in [0.1, 0.15) is 4.88 Å². The Kier molecular flexibility index (Phi) is 5.17. The van der Waals surface area contributed by atoms with E-state index in [1.807, 2.05) is 0 Å². The van der Waals surface area contributed by atoms with Crippen LogP contribution in [0, 0.1) is 0 Å². The van der Waals surface area contributed by atoms with Crippen LogP contribution in [0.3, 0.4) is 0 Å². The van der Waals surface area contributed by atoms with Gasteiger partial charge in [-0.05, 0) is 13.0 Å². The molecule has 6 nitrogen and oxygen atoms in total. The van der Waals surface area contributed by atoms with Gasteiger partial charge in [-0.25, -0.2) is 9.59 Å². The van der Waals surface area contributed by atoms with Gasteiger partial charge in [-0.3, -0.25) is 10.1 Å². The van der Waals surface area contributed by atoms with Gasteiger partial charge < -0.3 is 10.4 Å². The summed E-state index contributed by atoms with van der Waals surface area (Å²) in [6.07, 6.45) is 0. The molecule has 1 heterocycles. The number of urea groups is 1. The first kappa shape index (κ1) is 14.5. The van der Waals surface area contributed by atoms with E-state index in [9.17, 15) is 14.4 Å². The number of carboxylic acids is 1. The number of amides is 3. The topological polar surface area (TPSA) is 95.5 Å². The lowest BCUT2D eigenvalue weighted by molar-refractivity contribution is -0.119. The Bertz CT molecular complexity index is 472. The van der Waals surface area contributed by atoms with Crippen LogP contribution in [0.4, 0.5) is 4.79 Å². The summed E-state index contributed by atoms with van der Waals surface area (Å²) in [4.78, 5) is 34.1. The van der Waals surface area contributed by atoms with E-state index in [4.69, 9.17) is 5.11 Å². The van der Waals surface area contributed by atoms with Crippen molar-refractivity contribution in [2.24, 2.45) is 0 Å². The van der Waals surface area contributed by atoms with Gasteiger partial charge >= 0.3 is 12.0 Å². The Morgan fingerprint density at radius 1 is 1.44 bits per heavy atom. The maximum atomic E-state index is 11.6. The second-order valence-electron chi connectivity index (χ2n) is 3.28. The number of imide groups is 1. The average Bonchev–Trinajstić information content (AvgIpc) is 2.77. The van der Waals surface area contributed by atoms with Crippen LogP contribution in [-0.2, 0) is 4.79 Å². The molecule has 0 saturated heterocycles. The minimum absolute atomic E-state index is 0.219. The zero-order chi connectivity index (χ0) is 13.7. The summed E-state index contributed by atoms with van der Waals surface area (Å²) in [5.74, 6) is -1.42. The van der Waals surface area contributed by atoms with Gasteiger partial charge in [0.2, 0.25) is 5.91 Å². The van der Waals surface area contributed by atoms with Crippen molar-refractivity contribution in [2.45, 2.75) is 17.1 Å². The lowest BCUT2D eigenvalue weighted by atomic mass is 10.4. The molecule has 8 heteroatoms. The van der Waals surface area contributed by atoms with E-state index in [1.165, 1.54) is 24.9 Å². The first-order valence-corrected chi connectivity index (χ1v) is 6.71. The second-order valence-corrected chi connectivity index (χ2v) is 5.61. The number of rotatable bonds is 4. The van der Waals surface area contributed by atoms with Crippen LogP contribution >= 0.6 is 23.1 Å². The zero-order valence-electron chi connectivity index (χ0n) is 9.72. The Labute approximate surface area is 112 Å². The molecule has 3 amide bonds. The van der Waals surface area contributed by atoms with E-state index in [-0.39, 0.29) is 4.88 Å². The van der Waals surface area contributed by atoms with E-state index in [0.29, 0.717) is 4.90 Å². The Hall–Kier alpha value is -1.54. The molecule has 0 aliphatic rings. The van der Waals surface area contributed by atoms with Crippen molar-refractivity contribution < 1.29 is 19.5 Å². The molecule has 1 unspecified atom stereocenters. The largest absolute Gasteiger partial charge is 0.477 e. The normalized spacial score (nSPS) is 11.7. The summed E-state index contributed by atoms with van der Waals surface area (Å²) in [7, 11) is 1.42. The maximum absolute atomic E-state index is 11.6. The summed E-state index contributed by atoms with van der Waals surface area (Å²) < 4.78 is 0. The summed E-state index contributed by atoms with van der Waals surface area (Å²) >= 11 is 2.30. The molecule has 0 aliphatic heterocycles. The molecule has 1 atom stereocenters. The van der Waals surface area contributed by atoms with Gasteiger partial charge in [0, 0.05) is 17.3 Å². The van der Waals surface area contributed by atoms with Crippen molar-refractivity contribution >= 4 is 41.0 Å². The van der Waals surface area contributed by atoms with Gasteiger partial charge in [0.15, 0.2) is 0 Å². The summed E-state index contributed by atoms with van der Waals surface area (Å²) in [5.41, 5.74) is 0. The van der Waals surface area contributed by atoms with Crippen LogP contribution < -0.4 is 10.6 Å². The smallest absolute Gasteiger partial charge is 0.345 e. The maximum Gasteiger partial charge on any atom is 0.345 e. The number of aromatic carboxylic acids is 1. The molecule has 1 aromatic heterocycles. The van der Waals surface area contributed by atoms with Crippen LogP contribution in [0.1, 0.15) is 16.6 Å². The van der Waals surface area contributed by atoms with Crippen molar-refractivity contribution in [3.63, 3.8) is 0 Å². The van der Waals surface area contributed by atoms with Gasteiger partial charge in [-0.2, -0.15) is 0 Å². The average molecular weight is 288 g/mol. The first-order chi connectivity index (χ1) is 8.43. The van der Waals surface area contributed by atoms with Crippen molar-refractivity contribution in [1.29, 1.82) is 0 Å².